The van der Waals surface area contributed by atoms with Crippen molar-refractivity contribution >= 4 is 23.6 Å². The van der Waals surface area contributed by atoms with Crippen molar-refractivity contribution < 1.29 is 9.59 Å². The summed E-state index contributed by atoms with van der Waals surface area (Å²) >= 11 is 1.64. The topological polar surface area (TPSA) is 52.7 Å². The van der Waals surface area contributed by atoms with E-state index in [-0.39, 0.29) is 17.2 Å². The van der Waals surface area contributed by atoms with Crippen LogP contribution in [0.15, 0.2) is 78.9 Å². The van der Waals surface area contributed by atoms with Crippen LogP contribution in [0, 0.1) is 0 Å². The van der Waals surface area contributed by atoms with E-state index in [0.29, 0.717) is 24.4 Å². The molecule has 0 spiro atoms. The minimum Gasteiger partial charge on any atom is -0.348 e. The van der Waals surface area contributed by atoms with Crippen LogP contribution in [0.3, 0.4) is 0 Å². The first kappa shape index (κ1) is 23.6. The molecule has 2 aliphatic heterocycles. The Bertz CT molecular complexity index is 1160. The number of amides is 2. The summed E-state index contributed by atoms with van der Waals surface area (Å²) in [6.45, 7) is 4.43. The number of carbonyl (C=O) groups is 2. The van der Waals surface area contributed by atoms with E-state index in [1.165, 1.54) is 31.5 Å². The Morgan fingerprint density at radius 1 is 0.857 bits per heavy atom. The predicted octanol–water partition coefficient (Wildman–Crippen LogP) is 4.99. The first-order valence-corrected chi connectivity index (χ1v) is 13.3. The Morgan fingerprint density at radius 2 is 1.57 bits per heavy atom. The van der Waals surface area contributed by atoms with E-state index >= 15 is 0 Å². The van der Waals surface area contributed by atoms with Crippen LogP contribution in [0.5, 0.6) is 0 Å². The van der Waals surface area contributed by atoms with Crippen LogP contribution < -0.4 is 5.32 Å². The van der Waals surface area contributed by atoms with Gasteiger partial charge in [-0.2, -0.15) is 0 Å². The Balaban J connectivity index is 1.18. The number of benzene rings is 3. The van der Waals surface area contributed by atoms with E-state index < -0.39 is 0 Å². The second-order valence-electron chi connectivity index (χ2n) is 9.28. The normalized spacial score (nSPS) is 18.2. The molecule has 6 heteroatoms. The number of carbonyl (C=O) groups excluding carboxylic acids is 2. The lowest BCUT2D eigenvalue weighted by Crippen LogP contribution is -2.27. The summed E-state index contributed by atoms with van der Waals surface area (Å²) in [5.74, 6) is 0.548. The number of likely N-dealkylation sites (tertiary alicyclic amines) is 1. The zero-order chi connectivity index (χ0) is 24.0. The third-order valence-electron chi connectivity index (χ3n) is 6.67. The quantitative estimate of drug-likeness (QED) is 0.489. The molecule has 0 unspecified atom stereocenters. The van der Waals surface area contributed by atoms with E-state index in [9.17, 15) is 9.59 Å². The molecule has 0 saturated carbocycles. The molecule has 5 rings (SSSR count). The van der Waals surface area contributed by atoms with Gasteiger partial charge in [0.1, 0.15) is 5.37 Å². The van der Waals surface area contributed by atoms with Crippen molar-refractivity contribution in [2.24, 2.45) is 0 Å². The van der Waals surface area contributed by atoms with E-state index in [2.05, 4.69) is 34.5 Å². The number of nitrogens with zero attached hydrogens (tertiary/aromatic N) is 2. The molecule has 3 aromatic carbocycles. The van der Waals surface area contributed by atoms with Crippen LogP contribution in [-0.2, 0) is 24.4 Å². The SMILES string of the molecule is O=C(NCc1cccc(CN2CCCC2)c1)c1ccc([C@@H]2SCC(=O)N2Cc2ccccc2)cc1. The van der Waals surface area contributed by atoms with Crippen molar-refractivity contribution in [3.63, 3.8) is 0 Å². The van der Waals surface area contributed by atoms with Gasteiger partial charge in [-0.1, -0.05) is 66.7 Å². The fourth-order valence-electron chi connectivity index (χ4n) is 4.80. The van der Waals surface area contributed by atoms with E-state index in [4.69, 9.17) is 0 Å². The molecule has 2 aliphatic rings. The van der Waals surface area contributed by atoms with Crippen molar-refractivity contribution in [1.29, 1.82) is 0 Å². The number of hydrogen-bond acceptors (Lipinski definition) is 4. The van der Waals surface area contributed by atoms with Crippen LogP contribution in [0.1, 0.15) is 50.8 Å². The summed E-state index contributed by atoms with van der Waals surface area (Å²) < 4.78 is 0. The van der Waals surface area contributed by atoms with Crippen molar-refractivity contribution in [3.05, 3.63) is 107 Å². The largest absolute Gasteiger partial charge is 0.348 e. The molecule has 2 saturated heterocycles. The fraction of sp³-hybridized carbons (Fsp3) is 0.310. The lowest BCUT2D eigenvalue weighted by molar-refractivity contribution is -0.128. The molecule has 0 aromatic heterocycles. The second kappa shape index (κ2) is 11.1. The maximum atomic E-state index is 12.8. The second-order valence-corrected chi connectivity index (χ2v) is 10.3. The average molecular weight is 486 g/mol. The van der Waals surface area contributed by atoms with E-state index in [1.807, 2.05) is 59.5 Å². The van der Waals surface area contributed by atoms with Gasteiger partial charge in [-0.3, -0.25) is 14.5 Å². The molecule has 0 bridgehead atoms. The van der Waals surface area contributed by atoms with Crippen LogP contribution in [0.25, 0.3) is 0 Å². The highest BCUT2D eigenvalue weighted by atomic mass is 32.2. The molecule has 2 fully saturated rings. The van der Waals surface area contributed by atoms with Crippen molar-refractivity contribution in [2.75, 3.05) is 18.8 Å². The highest BCUT2D eigenvalue weighted by molar-refractivity contribution is 8.00. The van der Waals surface area contributed by atoms with Gasteiger partial charge < -0.3 is 10.2 Å². The van der Waals surface area contributed by atoms with Gasteiger partial charge in [0, 0.05) is 25.2 Å². The number of rotatable bonds is 8. The molecule has 180 valence electrons. The lowest BCUT2D eigenvalue weighted by Gasteiger charge is -2.24. The zero-order valence-corrected chi connectivity index (χ0v) is 20.7. The Kier molecular flexibility index (Phi) is 7.50. The standard InChI is InChI=1S/C29H31N3O2S/c33-27-21-35-29(32(27)20-22-7-2-1-3-8-22)26-13-11-25(12-14-26)28(34)30-18-23-9-6-10-24(17-23)19-31-15-4-5-16-31/h1-3,6-14,17,29H,4-5,15-16,18-21H2,(H,30,34)/t29-/m0/s1. The Labute approximate surface area is 211 Å². The van der Waals surface area contributed by atoms with E-state index in [1.54, 1.807) is 11.8 Å². The minimum absolute atomic E-state index is 0.0295. The number of hydrogen-bond donors (Lipinski definition) is 1. The van der Waals surface area contributed by atoms with Crippen LogP contribution in [0.2, 0.25) is 0 Å². The monoisotopic (exact) mass is 485 g/mol. The summed E-state index contributed by atoms with van der Waals surface area (Å²) in [4.78, 5) is 29.7. The van der Waals surface area contributed by atoms with Crippen LogP contribution in [-0.4, -0.2) is 40.5 Å². The summed E-state index contributed by atoms with van der Waals surface area (Å²) in [6.07, 6.45) is 2.57. The summed E-state index contributed by atoms with van der Waals surface area (Å²) in [7, 11) is 0. The van der Waals surface area contributed by atoms with Gasteiger partial charge in [-0.25, -0.2) is 0 Å². The molecule has 5 nitrogen and oxygen atoms in total. The first-order valence-electron chi connectivity index (χ1n) is 12.3. The molecule has 2 heterocycles. The fourth-order valence-corrected chi connectivity index (χ4v) is 5.99. The van der Waals surface area contributed by atoms with Gasteiger partial charge in [-0.05, 0) is 60.3 Å². The van der Waals surface area contributed by atoms with Gasteiger partial charge in [0.25, 0.3) is 5.91 Å². The smallest absolute Gasteiger partial charge is 0.251 e. The number of nitrogens with one attached hydrogen (secondary N) is 1. The van der Waals surface area contributed by atoms with Crippen LogP contribution >= 0.6 is 11.8 Å². The van der Waals surface area contributed by atoms with Crippen molar-refractivity contribution in [1.82, 2.24) is 15.1 Å². The molecule has 1 N–H and O–H groups in total. The highest BCUT2D eigenvalue weighted by Crippen LogP contribution is 2.39. The molecule has 0 aliphatic carbocycles. The summed E-state index contributed by atoms with van der Waals surface area (Å²) in [5, 5.41) is 3.02. The average Bonchev–Trinajstić information content (AvgIpc) is 3.53. The van der Waals surface area contributed by atoms with Gasteiger partial charge in [0.2, 0.25) is 5.91 Å². The first-order chi connectivity index (χ1) is 17.2. The predicted molar refractivity (Wildman–Crippen MR) is 141 cm³/mol. The molecule has 0 radical (unpaired) electrons. The molecular formula is C29H31N3O2S. The van der Waals surface area contributed by atoms with Crippen LogP contribution in [0.4, 0.5) is 0 Å². The third-order valence-corrected chi connectivity index (χ3v) is 7.93. The summed E-state index contributed by atoms with van der Waals surface area (Å²) in [6, 6.07) is 26.2. The van der Waals surface area contributed by atoms with Gasteiger partial charge >= 0.3 is 0 Å². The molecule has 2 amide bonds. The third kappa shape index (κ3) is 5.95. The maximum absolute atomic E-state index is 12.8. The Morgan fingerprint density at radius 3 is 2.34 bits per heavy atom. The zero-order valence-electron chi connectivity index (χ0n) is 19.9. The minimum atomic E-state index is -0.0854. The lowest BCUT2D eigenvalue weighted by atomic mass is 10.1. The van der Waals surface area contributed by atoms with Crippen molar-refractivity contribution in [3.8, 4) is 0 Å². The molecule has 1 atom stereocenters. The van der Waals surface area contributed by atoms with Crippen molar-refractivity contribution in [2.45, 2.75) is 37.8 Å². The van der Waals surface area contributed by atoms with Gasteiger partial charge in [-0.15, -0.1) is 11.8 Å². The molecule has 35 heavy (non-hydrogen) atoms. The van der Waals surface area contributed by atoms with Gasteiger partial charge in [0.05, 0.1) is 5.75 Å². The van der Waals surface area contributed by atoms with Gasteiger partial charge in [0.15, 0.2) is 0 Å². The van der Waals surface area contributed by atoms with E-state index in [0.717, 1.165) is 23.2 Å². The summed E-state index contributed by atoms with van der Waals surface area (Å²) in [5.41, 5.74) is 5.21. The molecular weight excluding hydrogens is 454 g/mol. The highest BCUT2D eigenvalue weighted by Gasteiger charge is 2.32. The molecule has 3 aromatic rings. The number of thioether (sulfide) groups is 1. The maximum Gasteiger partial charge on any atom is 0.251 e. The Hall–Kier alpha value is -3.09.